The van der Waals surface area contributed by atoms with Crippen molar-refractivity contribution >= 4 is 11.8 Å². The number of imidazole rings is 1. The van der Waals surface area contributed by atoms with E-state index in [4.69, 9.17) is 0 Å². The molecule has 7 heteroatoms. The third-order valence-electron chi connectivity index (χ3n) is 3.96. The minimum Gasteiger partial charge on any atom is -0.394 e. The predicted octanol–water partition coefficient (Wildman–Crippen LogP) is 4.20. The zero-order chi connectivity index (χ0) is 18.5. The topological polar surface area (TPSA) is 63.8 Å². The maximum Gasteiger partial charge on any atom is 0.188 e. The number of thioether (sulfide) groups is 1. The highest BCUT2D eigenvalue weighted by Crippen LogP contribution is 2.33. The molecular weight excluding hydrogens is 351 g/mol. The Morgan fingerprint density at radius 2 is 1.96 bits per heavy atom. The van der Waals surface area contributed by atoms with Gasteiger partial charge in [0.05, 0.1) is 36.1 Å². The smallest absolute Gasteiger partial charge is 0.188 e. The summed E-state index contributed by atoms with van der Waals surface area (Å²) in [7, 11) is 0. The van der Waals surface area contributed by atoms with Crippen molar-refractivity contribution in [3.63, 3.8) is 0 Å². The molecule has 0 aliphatic rings. The summed E-state index contributed by atoms with van der Waals surface area (Å²) in [5.74, 6) is 0.652. The average molecular weight is 372 g/mol. The molecule has 0 aliphatic heterocycles. The molecule has 0 saturated heterocycles. The van der Waals surface area contributed by atoms with Gasteiger partial charge in [0.2, 0.25) is 0 Å². The molecule has 26 heavy (non-hydrogen) atoms. The van der Waals surface area contributed by atoms with Crippen LogP contribution in [-0.2, 0) is 0 Å². The van der Waals surface area contributed by atoms with Crippen molar-refractivity contribution in [2.45, 2.75) is 31.5 Å². The molecule has 2 heterocycles. The van der Waals surface area contributed by atoms with Gasteiger partial charge in [-0.05, 0) is 43.7 Å². The quantitative estimate of drug-likeness (QED) is 0.497. The van der Waals surface area contributed by atoms with Crippen LogP contribution in [0.2, 0.25) is 0 Å². The van der Waals surface area contributed by atoms with E-state index in [0.29, 0.717) is 10.9 Å². The van der Waals surface area contributed by atoms with Crippen LogP contribution < -0.4 is 0 Å². The van der Waals surface area contributed by atoms with Gasteiger partial charge in [0.1, 0.15) is 5.82 Å². The van der Waals surface area contributed by atoms with Crippen LogP contribution in [-0.4, -0.2) is 37.0 Å². The first kappa shape index (κ1) is 18.5. The summed E-state index contributed by atoms with van der Waals surface area (Å²) in [5.41, 5.74) is 3.02. The van der Waals surface area contributed by atoms with Crippen molar-refractivity contribution in [3.05, 3.63) is 48.7 Å². The van der Waals surface area contributed by atoms with Gasteiger partial charge in [-0.15, -0.1) is 0 Å². The van der Waals surface area contributed by atoms with E-state index >= 15 is 0 Å². The van der Waals surface area contributed by atoms with Gasteiger partial charge in [0.15, 0.2) is 5.16 Å². The number of aromatic nitrogens is 4. The van der Waals surface area contributed by atoms with Crippen LogP contribution in [0.25, 0.3) is 22.6 Å². The molecule has 0 fully saturated rings. The monoisotopic (exact) mass is 372 g/mol. The highest BCUT2D eigenvalue weighted by atomic mass is 32.2. The summed E-state index contributed by atoms with van der Waals surface area (Å²) >= 11 is 1.60. The van der Waals surface area contributed by atoms with Crippen LogP contribution in [0, 0.1) is 5.82 Å². The maximum absolute atomic E-state index is 13.3. The Bertz CT molecular complexity index is 866. The molecule has 3 aromatic rings. The highest BCUT2D eigenvalue weighted by Gasteiger charge is 2.19. The van der Waals surface area contributed by atoms with E-state index in [2.05, 4.69) is 21.9 Å². The number of benzene rings is 1. The lowest BCUT2D eigenvalue weighted by Crippen LogP contribution is -2.10. The lowest BCUT2D eigenvalue weighted by molar-refractivity contribution is 0.239. The number of hydrogen-bond donors (Lipinski definition) is 1. The SMILES string of the molecule is CCCSc1nccc(-c2c(-c3ccc(F)cc3)ncn2[C@@H](C)CO)n1. The summed E-state index contributed by atoms with van der Waals surface area (Å²) < 4.78 is 15.2. The number of rotatable bonds is 7. The van der Waals surface area contributed by atoms with Gasteiger partial charge in [-0.3, -0.25) is 0 Å². The second-order valence-electron chi connectivity index (χ2n) is 5.96. The van der Waals surface area contributed by atoms with Crippen LogP contribution >= 0.6 is 11.8 Å². The molecule has 1 atom stereocenters. The van der Waals surface area contributed by atoms with Gasteiger partial charge >= 0.3 is 0 Å². The van der Waals surface area contributed by atoms with Crippen LogP contribution in [0.1, 0.15) is 26.3 Å². The van der Waals surface area contributed by atoms with E-state index in [1.165, 1.54) is 12.1 Å². The third kappa shape index (κ3) is 3.94. The van der Waals surface area contributed by atoms with Gasteiger partial charge in [0.25, 0.3) is 0 Å². The molecule has 0 radical (unpaired) electrons. The van der Waals surface area contributed by atoms with Crippen molar-refractivity contribution in [2.75, 3.05) is 12.4 Å². The summed E-state index contributed by atoms with van der Waals surface area (Å²) in [6, 6.07) is 7.90. The maximum atomic E-state index is 13.3. The van der Waals surface area contributed by atoms with Crippen LogP contribution in [0.3, 0.4) is 0 Å². The van der Waals surface area contributed by atoms with Crippen molar-refractivity contribution in [1.82, 2.24) is 19.5 Å². The summed E-state index contributed by atoms with van der Waals surface area (Å²) in [6.45, 7) is 4.00. The third-order valence-corrected chi connectivity index (χ3v) is 5.03. The summed E-state index contributed by atoms with van der Waals surface area (Å²) in [5, 5.41) is 10.3. The fourth-order valence-electron chi connectivity index (χ4n) is 2.59. The molecule has 5 nitrogen and oxygen atoms in total. The van der Waals surface area contributed by atoms with Crippen LogP contribution in [0.5, 0.6) is 0 Å². The molecule has 0 unspecified atom stereocenters. The van der Waals surface area contributed by atoms with Crippen LogP contribution in [0.4, 0.5) is 4.39 Å². The Morgan fingerprint density at radius 1 is 1.19 bits per heavy atom. The van der Waals surface area contributed by atoms with E-state index in [9.17, 15) is 9.50 Å². The van der Waals surface area contributed by atoms with Gasteiger partial charge in [-0.1, -0.05) is 18.7 Å². The molecule has 3 rings (SSSR count). The van der Waals surface area contributed by atoms with Gasteiger partial charge in [-0.2, -0.15) is 0 Å². The lowest BCUT2D eigenvalue weighted by Gasteiger charge is -2.15. The Labute approximate surface area is 156 Å². The average Bonchev–Trinajstić information content (AvgIpc) is 3.11. The molecule has 0 spiro atoms. The van der Waals surface area contributed by atoms with E-state index in [-0.39, 0.29) is 18.5 Å². The Hall–Kier alpha value is -2.25. The number of halogens is 1. The zero-order valence-electron chi connectivity index (χ0n) is 14.8. The largest absolute Gasteiger partial charge is 0.394 e. The fourth-order valence-corrected chi connectivity index (χ4v) is 3.28. The Kier molecular flexibility index (Phi) is 6.00. The first-order valence-electron chi connectivity index (χ1n) is 8.53. The standard InChI is InChI=1S/C19H21FN4OS/c1-3-10-26-19-21-9-8-16(23-19)18-17(14-4-6-15(20)7-5-14)22-12-24(18)13(2)11-25/h4-9,12-13,25H,3,10-11H2,1-2H3/t13-/m0/s1. The molecule has 0 amide bonds. The first-order valence-corrected chi connectivity index (χ1v) is 9.52. The predicted molar refractivity (Wildman–Crippen MR) is 101 cm³/mol. The van der Waals surface area contributed by atoms with E-state index in [0.717, 1.165) is 29.1 Å². The molecule has 0 bridgehead atoms. The van der Waals surface area contributed by atoms with E-state index < -0.39 is 0 Å². The van der Waals surface area contributed by atoms with Gasteiger partial charge in [-0.25, -0.2) is 19.3 Å². The number of hydrogen-bond acceptors (Lipinski definition) is 5. The molecular formula is C19H21FN4OS. The van der Waals surface area contributed by atoms with E-state index in [1.54, 1.807) is 36.4 Å². The number of aliphatic hydroxyl groups excluding tert-OH is 1. The minimum absolute atomic E-state index is 0.0191. The Balaban J connectivity index is 2.11. The summed E-state index contributed by atoms with van der Waals surface area (Å²) in [6.07, 6.45) is 4.46. The normalized spacial score (nSPS) is 12.3. The zero-order valence-corrected chi connectivity index (χ0v) is 15.6. The molecule has 1 aromatic carbocycles. The fraction of sp³-hybridized carbons (Fsp3) is 0.316. The molecule has 2 aromatic heterocycles. The van der Waals surface area contributed by atoms with Crippen LogP contribution in [0.15, 0.2) is 48.0 Å². The second-order valence-corrected chi connectivity index (χ2v) is 7.02. The van der Waals surface area contributed by atoms with E-state index in [1.807, 2.05) is 17.6 Å². The highest BCUT2D eigenvalue weighted by molar-refractivity contribution is 7.99. The molecule has 0 aliphatic carbocycles. The second kappa shape index (κ2) is 8.42. The van der Waals surface area contributed by atoms with Crippen molar-refractivity contribution in [1.29, 1.82) is 0 Å². The molecule has 0 saturated carbocycles. The Morgan fingerprint density at radius 3 is 2.65 bits per heavy atom. The van der Waals surface area contributed by atoms with Crippen molar-refractivity contribution in [3.8, 4) is 22.6 Å². The van der Waals surface area contributed by atoms with Crippen molar-refractivity contribution in [2.24, 2.45) is 0 Å². The van der Waals surface area contributed by atoms with Crippen molar-refractivity contribution < 1.29 is 9.50 Å². The van der Waals surface area contributed by atoms with Gasteiger partial charge < -0.3 is 9.67 Å². The minimum atomic E-state index is -0.293. The molecule has 1 N–H and O–H groups in total. The van der Waals surface area contributed by atoms with Gasteiger partial charge in [0, 0.05) is 17.5 Å². The first-order chi connectivity index (χ1) is 12.6. The summed E-state index contributed by atoms with van der Waals surface area (Å²) in [4.78, 5) is 13.5. The molecule has 136 valence electrons. The lowest BCUT2D eigenvalue weighted by atomic mass is 10.1. The number of nitrogens with zero attached hydrogens (tertiary/aromatic N) is 4. The number of aliphatic hydroxyl groups is 1.